The van der Waals surface area contributed by atoms with Gasteiger partial charge in [-0.15, -0.1) is 0 Å². The van der Waals surface area contributed by atoms with E-state index in [0.717, 1.165) is 25.2 Å². The van der Waals surface area contributed by atoms with Crippen molar-refractivity contribution in [2.45, 2.75) is 40.2 Å². The van der Waals surface area contributed by atoms with Crippen LogP contribution in [0.15, 0.2) is 12.3 Å². The molecule has 0 aliphatic carbocycles. The van der Waals surface area contributed by atoms with E-state index in [2.05, 4.69) is 25.9 Å². The molecule has 74 valence electrons. The highest BCUT2D eigenvalue weighted by molar-refractivity contribution is 5.25. The van der Waals surface area contributed by atoms with Gasteiger partial charge in [-0.2, -0.15) is 5.10 Å². The highest BCUT2D eigenvalue weighted by Gasteiger charge is 2.21. The third kappa shape index (κ3) is 2.23. The minimum Gasteiger partial charge on any atom is -0.384 e. The normalized spacial score (nSPS) is 11.9. The Hall–Kier alpha value is -0.990. The number of hydrogen-bond acceptors (Lipinski definition) is 2. The van der Waals surface area contributed by atoms with Gasteiger partial charge in [0, 0.05) is 6.54 Å². The molecule has 3 nitrogen and oxygen atoms in total. The molecule has 0 radical (unpaired) electrons. The first-order valence-electron chi connectivity index (χ1n) is 4.88. The summed E-state index contributed by atoms with van der Waals surface area (Å²) in [6.45, 7) is 7.61. The average Bonchev–Trinajstić information content (AvgIpc) is 2.52. The van der Waals surface area contributed by atoms with Crippen molar-refractivity contribution in [3.63, 3.8) is 0 Å². The van der Waals surface area contributed by atoms with Crippen LogP contribution in [0.4, 0.5) is 5.82 Å². The van der Waals surface area contributed by atoms with E-state index in [9.17, 15) is 0 Å². The minimum atomic E-state index is 0.320. The molecule has 0 aliphatic rings. The van der Waals surface area contributed by atoms with Crippen LogP contribution in [0.25, 0.3) is 0 Å². The summed E-state index contributed by atoms with van der Waals surface area (Å²) in [6, 6.07) is 1.84. The van der Waals surface area contributed by atoms with E-state index >= 15 is 0 Å². The molecule has 0 atom stereocenters. The van der Waals surface area contributed by atoms with Crippen molar-refractivity contribution >= 4 is 5.82 Å². The highest BCUT2D eigenvalue weighted by Crippen LogP contribution is 2.27. The fourth-order valence-corrected chi connectivity index (χ4v) is 1.31. The summed E-state index contributed by atoms with van der Waals surface area (Å²) in [4.78, 5) is 0. The lowest BCUT2D eigenvalue weighted by atomic mass is 9.85. The predicted molar refractivity (Wildman–Crippen MR) is 55.3 cm³/mol. The monoisotopic (exact) mass is 181 g/mol. The maximum absolute atomic E-state index is 5.76. The lowest BCUT2D eigenvalue weighted by Gasteiger charge is -2.26. The Kier molecular flexibility index (Phi) is 2.96. The standard InChI is InChI=1S/C10H19N3/c1-4-10(3,5-2)8-13-9(11)6-7-12-13/h6-7H,4-5,8,11H2,1-3H3. The molecule has 0 saturated heterocycles. The molecule has 1 rings (SSSR count). The Morgan fingerprint density at radius 1 is 1.46 bits per heavy atom. The zero-order chi connectivity index (χ0) is 9.90. The SMILES string of the molecule is CCC(C)(CC)Cn1nccc1N. The minimum absolute atomic E-state index is 0.320. The molecule has 0 unspecified atom stereocenters. The molecule has 3 heteroatoms. The molecule has 0 spiro atoms. The maximum atomic E-state index is 5.76. The third-order valence-electron chi connectivity index (χ3n) is 2.99. The van der Waals surface area contributed by atoms with Gasteiger partial charge in [0.2, 0.25) is 0 Å². The first-order valence-corrected chi connectivity index (χ1v) is 4.88. The van der Waals surface area contributed by atoms with Crippen molar-refractivity contribution in [3.05, 3.63) is 12.3 Å². The zero-order valence-corrected chi connectivity index (χ0v) is 8.75. The van der Waals surface area contributed by atoms with Crippen LogP contribution in [0.1, 0.15) is 33.6 Å². The van der Waals surface area contributed by atoms with Crippen LogP contribution in [-0.2, 0) is 6.54 Å². The van der Waals surface area contributed by atoms with E-state index in [1.54, 1.807) is 6.20 Å². The molecule has 13 heavy (non-hydrogen) atoms. The van der Waals surface area contributed by atoms with Gasteiger partial charge in [0.05, 0.1) is 6.20 Å². The summed E-state index contributed by atoms with van der Waals surface area (Å²) in [6.07, 6.45) is 4.06. The van der Waals surface area contributed by atoms with Gasteiger partial charge in [0.25, 0.3) is 0 Å². The molecular formula is C10H19N3. The molecule has 0 amide bonds. The van der Waals surface area contributed by atoms with Crippen LogP contribution >= 0.6 is 0 Å². The molecule has 1 heterocycles. The number of aromatic nitrogens is 2. The molecule has 0 aromatic carbocycles. The number of nitrogen functional groups attached to an aromatic ring is 1. The van der Waals surface area contributed by atoms with Gasteiger partial charge in [-0.05, 0) is 24.3 Å². The van der Waals surface area contributed by atoms with Crippen LogP contribution in [-0.4, -0.2) is 9.78 Å². The Morgan fingerprint density at radius 2 is 2.08 bits per heavy atom. The van der Waals surface area contributed by atoms with E-state index < -0.39 is 0 Å². The Labute approximate surface area is 79.9 Å². The summed E-state index contributed by atoms with van der Waals surface area (Å²) < 4.78 is 1.88. The summed E-state index contributed by atoms with van der Waals surface area (Å²) in [5.41, 5.74) is 6.08. The van der Waals surface area contributed by atoms with E-state index in [1.807, 2.05) is 10.7 Å². The number of nitrogens with two attached hydrogens (primary N) is 1. The molecular weight excluding hydrogens is 162 g/mol. The smallest absolute Gasteiger partial charge is 0.121 e. The summed E-state index contributed by atoms with van der Waals surface area (Å²) in [7, 11) is 0. The highest BCUT2D eigenvalue weighted by atomic mass is 15.3. The first kappa shape index (κ1) is 10.1. The molecule has 0 fully saturated rings. The second kappa shape index (κ2) is 3.81. The van der Waals surface area contributed by atoms with Crippen LogP contribution in [0.5, 0.6) is 0 Å². The van der Waals surface area contributed by atoms with E-state index in [1.165, 1.54) is 0 Å². The Bertz CT molecular complexity index is 261. The Balaban J connectivity index is 2.73. The quantitative estimate of drug-likeness (QED) is 0.774. The fourth-order valence-electron chi connectivity index (χ4n) is 1.31. The van der Waals surface area contributed by atoms with E-state index in [-0.39, 0.29) is 0 Å². The third-order valence-corrected chi connectivity index (χ3v) is 2.99. The summed E-state index contributed by atoms with van der Waals surface area (Å²) in [5.74, 6) is 0.758. The molecule has 1 aromatic rings. The van der Waals surface area contributed by atoms with Gasteiger partial charge in [-0.25, -0.2) is 4.68 Å². The molecule has 2 N–H and O–H groups in total. The number of rotatable bonds is 4. The van der Waals surface area contributed by atoms with Gasteiger partial charge in [0.1, 0.15) is 5.82 Å². The average molecular weight is 181 g/mol. The number of anilines is 1. The molecule has 0 bridgehead atoms. The summed E-state index contributed by atoms with van der Waals surface area (Å²) in [5, 5.41) is 4.19. The van der Waals surface area contributed by atoms with Gasteiger partial charge in [0.15, 0.2) is 0 Å². The second-order valence-corrected chi connectivity index (χ2v) is 3.93. The van der Waals surface area contributed by atoms with Crippen LogP contribution < -0.4 is 5.73 Å². The van der Waals surface area contributed by atoms with E-state index in [0.29, 0.717) is 5.41 Å². The van der Waals surface area contributed by atoms with Crippen molar-refractivity contribution < 1.29 is 0 Å². The lowest BCUT2D eigenvalue weighted by Crippen LogP contribution is -2.23. The van der Waals surface area contributed by atoms with Gasteiger partial charge in [-0.1, -0.05) is 20.8 Å². The van der Waals surface area contributed by atoms with Crippen LogP contribution in [0, 0.1) is 5.41 Å². The van der Waals surface area contributed by atoms with Gasteiger partial charge in [-0.3, -0.25) is 0 Å². The van der Waals surface area contributed by atoms with Crippen molar-refractivity contribution in [1.29, 1.82) is 0 Å². The number of nitrogens with zero attached hydrogens (tertiary/aromatic N) is 2. The van der Waals surface area contributed by atoms with Crippen molar-refractivity contribution in [3.8, 4) is 0 Å². The summed E-state index contributed by atoms with van der Waals surface area (Å²) >= 11 is 0. The van der Waals surface area contributed by atoms with Crippen molar-refractivity contribution in [2.75, 3.05) is 5.73 Å². The van der Waals surface area contributed by atoms with Gasteiger partial charge < -0.3 is 5.73 Å². The van der Waals surface area contributed by atoms with Crippen LogP contribution in [0.2, 0.25) is 0 Å². The van der Waals surface area contributed by atoms with Crippen molar-refractivity contribution in [1.82, 2.24) is 9.78 Å². The largest absolute Gasteiger partial charge is 0.384 e. The number of hydrogen-bond donors (Lipinski definition) is 1. The first-order chi connectivity index (χ1) is 6.11. The molecule has 1 aromatic heterocycles. The van der Waals surface area contributed by atoms with E-state index in [4.69, 9.17) is 5.73 Å². The maximum Gasteiger partial charge on any atom is 0.121 e. The Morgan fingerprint density at radius 3 is 2.46 bits per heavy atom. The fraction of sp³-hybridized carbons (Fsp3) is 0.700. The molecule has 0 aliphatic heterocycles. The second-order valence-electron chi connectivity index (χ2n) is 3.93. The van der Waals surface area contributed by atoms with Crippen molar-refractivity contribution in [2.24, 2.45) is 5.41 Å². The zero-order valence-electron chi connectivity index (χ0n) is 8.75. The lowest BCUT2D eigenvalue weighted by molar-refractivity contribution is 0.240. The predicted octanol–water partition coefficient (Wildman–Crippen LogP) is 2.29. The molecule has 0 saturated carbocycles. The van der Waals surface area contributed by atoms with Gasteiger partial charge >= 0.3 is 0 Å². The van der Waals surface area contributed by atoms with Crippen LogP contribution in [0.3, 0.4) is 0 Å². The topological polar surface area (TPSA) is 43.8 Å².